The van der Waals surface area contributed by atoms with Gasteiger partial charge in [0.15, 0.2) is 0 Å². The Morgan fingerprint density at radius 2 is 2.18 bits per heavy atom. The maximum atomic E-state index is 12.3. The molecule has 3 rings (SSSR count). The second kappa shape index (κ2) is 6.15. The van der Waals surface area contributed by atoms with Crippen LogP contribution in [0.25, 0.3) is 0 Å². The summed E-state index contributed by atoms with van der Waals surface area (Å²) in [6.45, 7) is 1.15. The van der Waals surface area contributed by atoms with E-state index in [1.165, 1.54) is 10.5 Å². The Morgan fingerprint density at radius 1 is 1.36 bits per heavy atom. The van der Waals surface area contributed by atoms with Gasteiger partial charge in [-0.15, -0.1) is 0 Å². The van der Waals surface area contributed by atoms with Gasteiger partial charge >= 0.3 is 0 Å². The molecular weight excluding hydrogens is 278 g/mol. The Morgan fingerprint density at radius 3 is 3.00 bits per heavy atom. The van der Waals surface area contributed by atoms with Crippen LogP contribution in [0.5, 0.6) is 0 Å². The average Bonchev–Trinajstić information content (AvgIpc) is 2.98. The number of benzene rings is 1. The Kier molecular flexibility index (Phi) is 4.06. The van der Waals surface area contributed by atoms with Crippen molar-refractivity contribution in [2.75, 3.05) is 31.6 Å². The van der Waals surface area contributed by atoms with Crippen LogP contribution < -0.4 is 4.90 Å². The van der Waals surface area contributed by atoms with Gasteiger partial charge in [0.2, 0.25) is 0 Å². The van der Waals surface area contributed by atoms with E-state index in [4.69, 9.17) is 5.11 Å². The van der Waals surface area contributed by atoms with Gasteiger partial charge in [-0.25, -0.2) is 4.98 Å². The Hall–Kier alpha value is -2.40. The van der Waals surface area contributed by atoms with E-state index in [-0.39, 0.29) is 12.5 Å². The number of carbonyl (C=O) groups excluding carboxylic acids is 1. The molecular formula is C17H19N3O2. The van der Waals surface area contributed by atoms with Crippen LogP contribution in [0.4, 0.5) is 11.5 Å². The summed E-state index contributed by atoms with van der Waals surface area (Å²) in [7, 11) is 1.68. The molecule has 5 heteroatoms. The summed E-state index contributed by atoms with van der Waals surface area (Å²) in [5, 5.41) is 8.95. The van der Waals surface area contributed by atoms with Gasteiger partial charge < -0.3 is 14.9 Å². The van der Waals surface area contributed by atoms with E-state index in [0.717, 1.165) is 24.5 Å². The van der Waals surface area contributed by atoms with Crippen molar-refractivity contribution in [3.63, 3.8) is 0 Å². The number of amides is 1. The van der Waals surface area contributed by atoms with Crippen LogP contribution in [0, 0.1) is 0 Å². The number of hydrogen-bond acceptors (Lipinski definition) is 4. The lowest BCUT2D eigenvalue weighted by atomic mass is 10.2. The van der Waals surface area contributed by atoms with Crippen molar-refractivity contribution in [1.29, 1.82) is 0 Å². The third-order valence-corrected chi connectivity index (χ3v) is 3.94. The number of likely N-dealkylation sites (N-methyl/N-ethyl adjacent to an activating group) is 1. The Labute approximate surface area is 129 Å². The van der Waals surface area contributed by atoms with Crippen molar-refractivity contribution >= 4 is 17.4 Å². The number of aromatic nitrogens is 1. The van der Waals surface area contributed by atoms with Crippen molar-refractivity contribution in [1.82, 2.24) is 9.88 Å². The van der Waals surface area contributed by atoms with E-state index in [1.54, 1.807) is 19.3 Å². The molecule has 1 N–H and O–H groups in total. The average molecular weight is 297 g/mol. The number of aliphatic hydroxyl groups excluding tert-OH is 1. The molecule has 0 atom stereocenters. The molecule has 0 aliphatic carbocycles. The molecule has 0 saturated carbocycles. The summed E-state index contributed by atoms with van der Waals surface area (Å²) in [5.74, 6) is 0.679. The number of carbonyl (C=O) groups is 1. The number of anilines is 2. The molecule has 1 aromatic heterocycles. The molecule has 0 spiro atoms. The number of hydrogen-bond donors (Lipinski definition) is 1. The van der Waals surface area contributed by atoms with Crippen LogP contribution >= 0.6 is 0 Å². The molecule has 2 aromatic rings. The number of fused-ring (bicyclic) bond motifs is 1. The second-order valence-electron chi connectivity index (χ2n) is 5.38. The fourth-order valence-electron chi connectivity index (χ4n) is 2.75. The SMILES string of the molecule is CN(CCO)C(=O)c1ccnc(N2CCc3ccccc32)c1. The summed E-state index contributed by atoms with van der Waals surface area (Å²) in [4.78, 5) is 20.4. The van der Waals surface area contributed by atoms with Crippen LogP contribution in [0.2, 0.25) is 0 Å². The van der Waals surface area contributed by atoms with E-state index < -0.39 is 0 Å². The molecule has 114 valence electrons. The number of aliphatic hydroxyl groups is 1. The number of rotatable bonds is 4. The monoisotopic (exact) mass is 297 g/mol. The lowest BCUT2D eigenvalue weighted by molar-refractivity contribution is 0.0767. The van der Waals surface area contributed by atoms with Crippen molar-refractivity contribution in [3.8, 4) is 0 Å². The first-order chi connectivity index (χ1) is 10.7. The molecule has 1 aliphatic rings. The Balaban J connectivity index is 1.88. The molecule has 0 fully saturated rings. The second-order valence-corrected chi connectivity index (χ2v) is 5.38. The zero-order valence-electron chi connectivity index (χ0n) is 12.6. The van der Waals surface area contributed by atoms with Gasteiger partial charge in [-0.3, -0.25) is 4.79 Å². The minimum Gasteiger partial charge on any atom is -0.395 e. The predicted octanol–water partition coefficient (Wildman–Crippen LogP) is 1.84. The zero-order valence-corrected chi connectivity index (χ0v) is 12.6. The summed E-state index contributed by atoms with van der Waals surface area (Å²) in [6.07, 6.45) is 2.65. The first-order valence-corrected chi connectivity index (χ1v) is 7.38. The fraction of sp³-hybridized carbons (Fsp3) is 0.294. The highest BCUT2D eigenvalue weighted by Crippen LogP contribution is 2.33. The van der Waals surface area contributed by atoms with Gasteiger partial charge in [-0.05, 0) is 30.2 Å². The van der Waals surface area contributed by atoms with Crippen LogP contribution in [0.15, 0.2) is 42.6 Å². The van der Waals surface area contributed by atoms with Crippen LogP contribution in [0.1, 0.15) is 15.9 Å². The Bertz CT molecular complexity index is 687. The van der Waals surface area contributed by atoms with E-state index in [0.29, 0.717) is 12.1 Å². The van der Waals surface area contributed by atoms with Crippen molar-refractivity contribution in [2.24, 2.45) is 0 Å². The molecule has 0 radical (unpaired) electrons. The highest BCUT2D eigenvalue weighted by atomic mass is 16.3. The van der Waals surface area contributed by atoms with Gasteiger partial charge in [-0.2, -0.15) is 0 Å². The van der Waals surface area contributed by atoms with E-state index in [9.17, 15) is 4.79 Å². The van der Waals surface area contributed by atoms with Gasteiger partial charge in [0.1, 0.15) is 5.82 Å². The topological polar surface area (TPSA) is 56.7 Å². The third kappa shape index (κ3) is 2.67. The molecule has 22 heavy (non-hydrogen) atoms. The molecule has 1 aliphatic heterocycles. The molecule has 2 heterocycles. The number of para-hydroxylation sites is 1. The van der Waals surface area contributed by atoms with Crippen LogP contribution in [0.3, 0.4) is 0 Å². The fourth-order valence-corrected chi connectivity index (χ4v) is 2.75. The third-order valence-electron chi connectivity index (χ3n) is 3.94. The van der Waals surface area contributed by atoms with Gasteiger partial charge in [0.25, 0.3) is 5.91 Å². The van der Waals surface area contributed by atoms with Gasteiger partial charge in [0, 0.05) is 37.6 Å². The standard InChI is InChI=1S/C17H19N3O2/c1-19(10-11-21)17(22)14-6-8-18-16(12-14)20-9-7-13-4-2-3-5-15(13)20/h2-6,8,12,21H,7,9-11H2,1H3. The van der Waals surface area contributed by atoms with Crippen molar-refractivity contribution < 1.29 is 9.90 Å². The number of pyridine rings is 1. The van der Waals surface area contributed by atoms with Gasteiger partial charge in [0.05, 0.1) is 6.61 Å². The molecule has 1 aromatic carbocycles. The van der Waals surface area contributed by atoms with Crippen molar-refractivity contribution in [3.05, 3.63) is 53.7 Å². The zero-order chi connectivity index (χ0) is 15.5. The number of nitrogens with zero attached hydrogens (tertiary/aromatic N) is 3. The lowest BCUT2D eigenvalue weighted by Crippen LogP contribution is -2.29. The van der Waals surface area contributed by atoms with E-state index in [2.05, 4.69) is 22.0 Å². The molecule has 1 amide bonds. The maximum absolute atomic E-state index is 12.3. The molecule has 5 nitrogen and oxygen atoms in total. The summed E-state index contributed by atoms with van der Waals surface area (Å²) >= 11 is 0. The first kappa shape index (κ1) is 14.5. The largest absolute Gasteiger partial charge is 0.395 e. The predicted molar refractivity (Wildman–Crippen MR) is 85.4 cm³/mol. The lowest BCUT2D eigenvalue weighted by Gasteiger charge is -2.20. The minimum absolute atomic E-state index is 0.0420. The van der Waals surface area contributed by atoms with E-state index >= 15 is 0 Å². The summed E-state index contributed by atoms with van der Waals surface area (Å²) < 4.78 is 0. The highest BCUT2D eigenvalue weighted by Gasteiger charge is 2.22. The first-order valence-electron chi connectivity index (χ1n) is 7.38. The van der Waals surface area contributed by atoms with E-state index in [1.807, 2.05) is 18.2 Å². The smallest absolute Gasteiger partial charge is 0.253 e. The highest BCUT2D eigenvalue weighted by molar-refractivity contribution is 5.95. The van der Waals surface area contributed by atoms with Gasteiger partial charge in [-0.1, -0.05) is 18.2 Å². The minimum atomic E-state index is -0.106. The summed E-state index contributed by atoms with van der Waals surface area (Å²) in [6, 6.07) is 11.8. The maximum Gasteiger partial charge on any atom is 0.253 e. The van der Waals surface area contributed by atoms with Crippen molar-refractivity contribution in [2.45, 2.75) is 6.42 Å². The summed E-state index contributed by atoms with van der Waals surface area (Å²) in [5.41, 5.74) is 3.05. The quantitative estimate of drug-likeness (QED) is 0.935. The molecule has 0 unspecified atom stereocenters. The van der Waals surface area contributed by atoms with Crippen LogP contribution in [-0.4, -0.2) is 47.6 Å². The van der Waals surface area contributed by atoms with Crippen LogP contribution in [-0.2, 0) is 6.42 Å². The molecule has 0 saturated heterocycles. The molecule has 0 bridgehead atoms. The normalized spacial score (nSPS) is 13.1.